The molecule has 0 aromatic rings. The van der Waals surface area contributed by atoms with Crippen molar-refractivity contribution in [1.29, 1.82) is 0 Å². The van der Waals surface area contributed by atoms with Crippen molar-refractivity contribution in [2.75, 3.05) is 25.1 Å². The summed E-state index contributed by atoms with van der Waals surface area (Å²) in [4.78, 5) is 0. The first-order chi connectivity index (χ1) is 9.70. The fourth-order valence-electron chi connectivity index (χ4n) is 3.43. The average molecular weight is 339 g/mol. The second-order valence-electron chi connectivity index (χ2n) is 6.33. The maximum Gasteiger partial charge on any atom is 0.211 e. The van der Waals surface area contributed by atoms with Gasteiger partial charge >= 0.3 is 0 Å². The lowest BCUT2D eigenvalue weighted by atomic mass is 9.91. The minimum atomic E-state index is -3.21. The van der Waals surface area contributed by atoms with Crippen LogP contribution in [0.2, 0.25) is 0 Å². The first-order valence-corrected chi connectivity index (χ1v) is 11.1. The Morgan fingerprint density at radius 3 is 2.57 bits per heavy atom. The van der Waals surface area contributed by atoms with Crippen molar-refractivity contribution in [2.24, 2.45) is 5.92 Å². The predicted molar refractivity (Wildman–Crippen MR) is 81.2 cm³/mol. The number of hydrogen-bond acceptors (Lipinski definition) is 5. The molecule has 1 N–H and O–H groups in total. The average Bonchev–Trinajstić information content (AvgIpc) is 2.37. The summed E-state index contributed by atoms with van der Waals surface area (Å²) in [6, 6.07) is 0. The molecule has 124 valence electrons. The van der Waals surface area contributed by atoms with Crippen LogP contribution in [-0.4, -0.2) is 62.7 Å². The quantitative estimate of drug-likeness (QED) is 0.799. The van der Waals surface area contributed by atoms with E-state index in [4.69, 9.17) is 0 Å². The van der Waals surface area contributed by atoms with E-state index < -0.39 is 31.2 Å². The highest BCUT2D eigenvalue weighted by atomic mass is 32.2. The minimum Gasteiger partial charge on any atom is -0.392 e. The molecular formula is C13H25NO5S2. The van der Waals surface area contributed by atoms with Crippen molar-refractivity contribution in [1.82, 2.24) is 4.31 Å². The van der Waals surface area contributed by atoms with Gasteiger partial charge in [-0.3, -0.25) is 0 Å². The first-order valence-electron chi connectivity index (χ1n) is 7.55. The molecule has 2 saturated heterocycles. The Hall–Kier alpha value is -0.180. The summed E-state index contributed by atoms with van der Waals surface area (Å²) < 4.78 is 48.7. The number of sulfone groups is 1. The van der Waals surface area contributed by atoms with E-state index in [2.05, 4.69) is 0 Å². The van der Waals surface area contributed by atoms with Crippen molar-refractivity contribution >= 4 is 19.9 Å². The second-order valence-corrected chi connectivity index (χ2v) is 10.7. The van der Waals surface area contributed by atoms with E-state index in [-0.39, 0.29) is 11.7 Å². The molecule has 0 radical (unpaired) electrons. The van der Waals surface area contributed by atoms with Gasteiger partial charge in [0, 0.05) is 13.1 Å². The Morgan fingerprint density at radius 1 is 1.24 bits per heavy atom. The van der Waals surface area contributed by atoms with E-state index in [1.807, 2.05) is 0 Å². The van der Waals surface area contributed by atoms with E-state index in [0.29, 0.717) is 32.4 Å². The largest absolute Gasteiger partial charge is 0.392 e. The molecule has 8 heteroatoms. The lowest BCUT2D eigenvalue weighted by Gasteiger charge is -2.34. The maximum atomic E-state index is 12.0. The van der Waals surface area contributed by atoms with Gasteiger partial charge in [-0.1, -0.05) is 6.42 Å². The third-order valence-electron chi connectivity index (χ3n) is 4.58. The van der Waals surface area contributed by atoms with Crippen molar-refractivity contribution in [2.45, 2.75) is 49.9 Å². The molecule has 21 heavy (non-hydrogen) atoms. The zero-order valence-corrected chi connectivity index (χ0v) is 14.1. The zero-order valence-electron chi connectivity index (χ0n) is 12.4. The topological polar surface area (TPSA) is 91.8 Å². The van der Waals surface area contributed by atoms with Gasteiger partial charge in [0.1, 0.15) is 0 Å². The molecule has 0 aromatic heterocycles. The van der Waals surface area contributed by atoms with Gasteiger partial charge in [0.2, 0.25) is 10.0 Å². The fourth-order valence-corrected chi connectivity index (χ4v) is 6.39. The summed E-state index contributed by atoms with van der Waals surface area (Å²) in [6.45, 7) is 0.913. The molecule has 3 unspecified atom stereocenters. The minimum absolute atomic E-state index is 0.0422. The Bertz CT molecular complexity index is 557. The molecular weight excluding hydrogens is 314 g/mol. The van der Waals surface area contributed by atoms with Crippen LogP contribution < -0.4 is 0 Å². The van der Waals surface area contributed by atoms with Gasteiger partial charge in [-0.05, 0) is 38.0 Å². The van der Waals surface area contributed by atoms with Crippen molar-refractivity contribution in [3.05, 3.63) is 0 Å². The molecule has 2 rings (SSSR count). The van der Waals surface area contributed by atoms with Crippen LogP contribution in [0.5, 0.6) is 0 Å². The monoisotopic (exact) mass is 339 g/mol. The molecule has 0 aromatic carbocycles. The number of nitrogens with zero attached hydrogens (tertiary/aromatic N) is 1. The van der Waals surface area contributed by atoms with Crippen LogP contribution in [0.4, 0.5) is 0 Å². The molecule has 2 fully saturated rings. The lowest BCUT2D eigenvalue weighted by molar-refractivity contribution is 0.113. The Balaban J connectivity index is 1.97. The second kappa shape index (κ2) is 6.52. The first kappa shape index (κ1) is 17.2. The van der Waals surface area contributed by atoms with Crippen molar-refractivity contribution < 1.29 is 21.9 Å². The summed E-state index contributed by atoms with van der Waals surface area (Å²) in [5.41, 5.74) is 0. The number of sulfonamides is 1. The van der Waals surface area contributed by atoms with E-state index in [1.165, 1.54) is 10.6 Å². The highest BCUT2D eigenvalue weighted by Gasteiger charge is 2.36. The van der Waals surface area contributed by atoms with Crippen LogP contribution in [0.3, 0.4) is 0 Å². The SMILES string of the molecule is CS(=O)(=O)N1CCCC(CC(O)C2CCCCS2(=O)=O)C1. The Morgan fingerprint density at radius 2 is 1.95 bits per heavy atom. The van der Waals surface area contributed by atoms with Gasteiger partial charge in [-0.25, -0.2) is 21.1 Å². The molecule has 6 nitrogen and oxygen atoms in total. The number of aliphatic hydroxyl groups is 1. The summed E-state index contributed by atoms with van der Waals surface area (Å²) >= 11 is 0. The third kappa shape index (κ3) is 4.40. The van der Waals surface area contributed by atoms with E-state index >= 15 is 0 Å². The smallest absolute Gasteiger partial charge is 0.211 e. The van der Waals surface area contributed by atoms with Gasteiger partial charge in [0.25, 0.3) is 0 Å². The third-order valence-corrected chi connectivity index (χ3v) is 8.18. The number of hydrogen-bond donors (Lipinski definition) is 1. The Labute approximate surface area is 127 Å². The van der Waals surface area contributed by atoms with E-state index in [0.717, 1.165) is 19.3 Å². The number of piperidine rings is 1. The van der Waals surface area contributed by atoms with Crippen molar-refractivity contribution in [3.63, 3.8) is 0 Å². The molecule has 3 atom stereocenters. The molecule has 0 spiro atoms. The number of rotatable bonds is 4. The number of aliphatic hydroxyl groups excluding tert-OH is 1. The van der Waals surface area contributed by atoms with Gasteiger partial charge in [0.15, 0.2) is 9.84 Å². The molecule has 0 amide bonds. The van der Waals surface area contributed by atoms with Crippen LogP contribution in [0.25, 0.3) is 0 Å². The van der Waals surface area contributed by atoms with Gasteiger partial charge in [0.05, 0.1) is 23.4 Å². The highest BCUT2D eigenvalue weighted by Crippen LogP contribution is 2.29. The fraction of sp³-hybridized carbons (Fsp3) is 1.00. The molecule has 0 aliphatic carbocycles. The molecule has 0 saturated carbocycles. The predicted octanol–water partition coefficient (Wildman–Crippen LogP) is 0.376. The van der Waals surface area contributed by atoms with Crippen LogP contribution in [0.15, 0.2) is 0 Å². The summed E-state index contributed by atoms with van der Waals surface area (Å²) in [5.74, 6) is 0.204. The molecule has 2 aliphatic rings. The van der Waals surface area contributed by atoms with Gasteiger partial charge in [-0.2, -0.15) is 0 Å². The van der Waals surface area contributed by atoms with E-state index in [1.54, 1.807) is 0 Å². The van der Waals surface area contributed by atoms with Crippen LogP contribution in [0, 0.1) is 5.92 Å². The highest BCUT2D eigenvalue weighted by molar-refractivity contribution is 7.92. The Kier molecular flexibility index (Phi) is 5.33. The van der Waals surface area contributed by atoms with Gasteiger partial charge < -0.3 is 5.11 Å². The lowest BCUT2D eigenvalue weighted by Crippen LogP contribution is -2.43. The van der Waals surface area contributed by atoms with E-state index in [9.17, 15) is 21.9 Å². The summed E-state index contributed by atoms with van der Waals surface area (Å²) in [7, 11) is -6.41. The maximum absolute atomic E-state index is 12.0. The summed E-state index contributed by atoms with van der Waals surface area (Å²) in [5, 5.41) is 9.64. The zero-order chi connectivity index (χ0) is 15.7. The van der Waals surface area contributed by atoms with Crippen LogP contribution in [0.1, 0.15) is 38.5 Å². The van der Waals surface area contributed by atoms with Crippen LogP contribution >= 0.6 is 0 Å². The van der Waals surface area contributed by atoms with Gasteiger partial charge in [-0.15, -0.1) is 0 Å². The molecule has 2 heterocycles. The van der Waals surface area contributed by atoms with Crippen LogP contribution in [-0.2, 0) is 19.9 Å². The summed E-state index contributed by atoms with van der Waals surface area (Å²) in [6.07, 6.45) is 4.33. The van der Waals surface area contributed by atoms with Crippen molar-refractivity contribution in [3.8, 4) is 0 Å². The molecule has 0 bridgehead atoms. The normalized spacial score (nSPS) is 32.7. The molecule has 2 aliphatic heterocycles. The standard InChI is InChI=1S/C13H25NO5S2/c1-20(16,17)14-7-4-5-11(10-14)9-12(15)13-6-2-3-8-21(13,18)19/h11-13,15H,2-10H2,1H3.